The molecule has 3 heterocycles. The molecule has 7 nitrogen and oxygen atoms in total. The molecule has 1 aliphatic heterocycles. The van der Waals surface area contributed by atoms with Crippen molar-refractivity contribution in [3.63, 3.8) is 0 Å². The standard InChI is InChI=1S/C16H20N4O3/c1-19-15(17-10-18-19)12-9-22-7-6-20(12)16(21)14-8-11-4-2-3-5-13(11)23-14/h8,10,12H,2-7,9H2,1H3. The minimum atomic E-state index is -0.231. The second-order valence-corrected chi connectivity index (χ2v) is 6.10. The smallest absolute Gasteiger partial charge is 0.290 e. The number of furan rings is 1. The van der Waals surface area contributed by atoms with Crippen molar-refractivity contribution >= 4 is 5.91 Å². The van der Waals surface area contributed by atoms with Crippen LogP contribution in [0.25, 0.3) is 0 Å². The minimum Gasteiger partial charge on any atom is -0.456 e. The third-order valence-corrected chi connectivity index (χ3v) is 4.64. The van der Waals surface area contributed by atoms with Crippen LogP contribution in [0.2, 0.25) is 0 Å². The molecule has 4 rings (SSSR count). The van der Waals surface area contributed by atoms with Crippen molar-refractivity contribution in [2.75, 3.05) is 19.8 Å². The molecule has 23 heavy (non-hydrogen) atoms. The van der Waals surface area contributed by atoms with E-state index < -0.39 is 0 Å². The monoisotopic (exact) mass is 316 g/mol. The summed E-state index contributed by atoms with van der Waals surface area (Å²) in [7, 11) is 1.82. The van der Waals surface area contributed by atoms with Crippen LogP contribution < -0.4 is 0 Å². The van der Waals surface area contributed by atoms with Crippen LogP contribution in [0.1, 0.15) is 46.6 Å². The lowest BCUT2D eigenvalue weighted by Crippen LogP contribution is -2.44. The first kappa shape index (κ1) is 14.4. The molecular formula is C16H20N4O3. The Hall–Kier alpha value is -2.15. The Morgan fingerprint density at radius 1 is 1.35 bits per heavy atom. The van der Waals surface area contributed by atoms with Gasteiger partial charge in [0.25, 0.3) is 5.91 Å². The minimum absolute atomic E-state index is 0.0873. The van der Waals surface area contributed by atoms with Gasteiger partial charge in [-0.25, -0.2) is 4.98 Å². The summed E-state index contributed by atoms with van der Waals surface area (Å²) in [6, 6.07) is 1.69. The normalized spacial score (nSPS) is 21.3. The van der Waals surface area contributed by atoms with E-state index in [0.29, 0.717) is 25.5 Å². The van der Waals surface area contributed by atoms with E-state index in [2.05, 4.69) is 10.1 Å². The fourth-order valence-electron chi connectivity index (χ4n) is 3.41. The van der Waals surface area contributed by atoms with Crippen molar-refractivity contribution in [3.8, 4) is 0 Å². The van der Waals surface area contributed by atoms with Crippen LogP contribution in [0.5, 0.6) is 0 Å². The number of fused-ring (bicyclic) bond motifs is 1. The molecule has 0 spiro atoms. The van der Waals surface area contributed by atoms with Crippen LogP contribution in [0.3, 0.4) is 0 Å². The third-order valence-electron chi connectivity index (χ3n) is 4.64. The van der Waals surface area contributed by atoms with E-state index in [-0.39, 0.29) is 11.9 Å². The van der Waals surface area contributed by atoms with Crippen LogP contribution in [-0.4, -0.2) is 45.3 Å². The lowest BCUT2D eigenvalue weighted by atomic mass is 9.99. The largest absolute Gasteiger partial charge is 0.456 e. The van der Waals surface area contributed by atoms with Gasteiger partial charge in [-0.1, -0.05) is 0 Å². The van der Waals surface area contributed by atoms with Gasteiger partial charge < -0.3 is 14.1 Å². The van der Waals surface area contributed by atoms with E-state index in [0.717, 1.165) is 30.8 Å². The molecule has 1 atom stereocenters. The third kappa shape index (κ3) is 2.55. The highest BCUT2D eigenvalue weighted by Crippen LogP contribution is 2.28. The summed E-state index contributed by atoms with van der Waals surface area (Å²) in [6.45, 7) is 1.49. The summed E-state index contributed by atoms with van der Waals surface area (Å²) in [5.41, 5.74) is 1.18. The Labute approximate surface area is 134 Å². The highest BCUT2D eigenvalue weighted by molar-refractivity contribution is 5.92. The number of carbonyl (C=O) groups excluding carboxylic acids is 1. The Morgan fingerprint density at radius 2 is 2.22 bits per heavy atom. The van der Waals surface area contributed by atoms with Crippen molar-refractivity contribution in [1.29, 1.82) is 0 Å². The maximum Gasteiger partial charge on any atom is 0.290 e. The highest BCUT2D eigenvalue weighted by Gasteiger charge is 2.34. The quantitative estimate of drug-likeness (QED) is 0.839. The van der Waals surface area contributed by atoms with Crippen molar-refractivity contribution in [2.45, 2.75) is 31.7 Å². The van der Waals surface area contributed by atoms with E-state index in [1.807, 2.05) is 13.1 Å². The van der Waals surface area contributed by atoms with Crippen molar-refractivity contribution < 1.29 is 13.9 Å². The number of aromatic nitrogens is 3. The molecule has 122 valence electrons. The number of hydrogen-bond acceptors (Lipinski definition) is 5. The number of hydrogen-bond donors (Lipinski definition) is 0. The topological polar surface area (TPSA) is 73.4 Å². The van der Waals surface area contributed by atoms with E-state index in [1.54, 1.807) is 9.58 Å². The van der Waals surface area contributed by atoms with Crippen molar-refractivity contribution in [1.82, 2.24) is 19.7 Å². The number of rotatable bonds is 2. The lowest BCUT2D eigenvalue weighted by Gasteiger charge is -2.34. The second kappa shape index (κ2) is 5.81. The Balaban J connectivity index is 1.63. The molecule has 1 unspecified atom stereocenters. The molecule has 2 aromatic heterocycles. The van der Waals surface area contributed by atoms with Crippen molar-refractivity contribution in [2.24, 2.45) is 7.05 Å². The molecule has 1 fully saturated rings. The van der Waals surface area contributed by atoms with E-state index in [4.69, 9.17) is 9.15 Å². The fourth-order valence-corrected chi connectivity index (χ4v) is 3.41. The van der Waals surface area contributed by atoms with Gasteiger partial charge in [-0.05, 0) is 30.9 Å². The van der Waals surface area contributed by atoms with Gasteiger partial charge in [0, 0.05) is 20.0 Å². The number of amides is 1. The second-order valence-electron chi connectivity index (χ2n) is 6.10. The van der Waals surface area contributed by atoms with E-state index in [1.165, 1.54) is 18.3 Å². The number of aryl methyl sites for hydroxylation is 3. The lowest BCUT2D eigenvalue weighted by molar-refractivity contribution is -0.00776. The van der Waals surface area contributed by atoms with Crippen LogP contribution >= 0.6 is 0 Å². The Morgan fingerprint density at radius 3 is 3.00 bits per heavy atom. The first-order valence-corrected chi connectivity index (χ1v) is 8.08. The average Bonchev–Trinajstić information content (AvgIpc) is 3.20. The fraction of sp³-hybridized carbons (Fsp3) is 0.562. The molecule has 0 N–H and O–H groups in total. The van der Waals surface area contributed by atoms with Gasteiger partial charge in [-0.3, -0.25) is 9.48 Å². The Bertz CT molecular complexity index is 697. The summed E-state index contributed by atoms with van der Waals surface area (Å²) in [5, 5.41) is 4.10. The maximum atomic E-state index is 13.0. The summed E-state index contributed by atoms with van der Waals surface area (Å²) in [6.07, 6.45) is 5.73. The molecule has 7 heteroatoms. The molecule has 1 amide bonds. The highest BCUT2D eigenvalue weighted by atomic mass is 16.5. The van der Waals surface area contributed by atoms with E-state index in [9.17, 15) is 4.79 Å². The summed E-state index contributed by atoms with van der Waals surface area (Å²) in [4.78, 5) is 19.0. The van der Waals surface area contributed by atoms with Gasteiger partial charge in [0.15, 0.2) is 11.6 Å². The van der Waals surface area contributed by atoms with Crippen LogP contribution in [0.4, 0.5) is 0 Å². The average molecular weight is 316 g/mol. The predicted molar refractivity (Wildman–Crippen MR) is 80.9 cm³/mol. The van der Waals surface area contributed by atoms with Gasteiger partial charge >= 0.3 is 0 Å². The number of nitrogens with zero attached hydrogens (tertiary/aromatic N) is 4. The molecule has 2 aromatic rings. The summed E-state index contributed by atoms with van der Waals surface area (Å²) in [5.74, 6) is 2.05. The molecule has 1 aliphatic carbocycles. The maximum absolute atomic E-state index is 13.0. The molecule has 0 bridgehead atoms. The molecule has 0 saturated carbocycles. The molecule has 0 radical (unpaired) electrons. The first-order valence-electron chi connectivity index (χ1n) is 8.08. The zero-order valence-corrected chi connectivity index (χ0v) is 13.2. The van der Waals surface area contributed by atoms with Gasteiger partial charge in [0.1, 0.15) is 18.1 Å². The number of carbonyl (C=O) groups is 1. The van der Waals surface area contributed by atoms with Gasteiger partial charge in [0.2, 0.25) is 0 Å². The molecule has 2 aliphatic rings. The molecule has 0 aromatic carbocycles. The summed E-state index contributed by atoms with van der Waals surface area (Å²) >= 11 is 0. The number of morpholine rings is 1. The Kier molecular flexibility index (Phi) is 3.65. The zero-order valence-electron chi connectivity index (χ0n) is 13.2. The number of ether oxygens (including phenoxy) is 1. The van der Waals surface area contributed by atoms with Crippen LogP contribution in [0, 0.1) is 0 Å². The zero-order chi connectivity index (χ0) is 15.8. The summed E-state index contributed by atoms with van der Waals surface area (Å²) < 4.78 is 13.1. The van der Waals surface area contributed by atoms with Gasteiger partial charge in [0.05, 0.1) is 13.2 Å². The molecular weight excluding hydrogens is 296 g/mol. The SMILES string of the molecule is Cn1ncnc1C1COCCN1C(=O)c1cc2c(o1)CCCC2. The van der Waals surface area contributed by atoms with Gasteiger partial charge in [-0.2, -0.15) is 5.10 Å². The predicted octanol–water partition coefficient (Wildman–Crippen LogP) is 1.50. The van der Waals surface area contributed by atoms with E-state index >= 15 is 0 Å². The van der Waals surface area contributed by atoms with Crippen LogP contribution in [0.15, 0.2) is 16.8 Å². The molecule has 1 saturated heterocycles. The van der Waals surface area contributed by atoms with Crippen molar-refractivity contribution in [3.05, 3.63) is 35.3 Å². The van der Waals surface area contributed by atoms with Gasteiger partial charge in [-0.15, -0.1) is 0 Å². The first-order chi connectivity index (χ1) is 11.2. The van der Waals surface area contributed by atoms with Crippen LogP contribution in [-0.2, 0) is 24.6 Å².